The van der Waals surface area contributed by atoms with Crippen molar-refractivity contribution >= 4 is 44.8 Å². The number of hydrogen-bond donors (Lipinski definition) is 0. The van der Waals surface area contributed by atoms with Crippen molar-refractivity contribution in [1.29, 1.82) is 0 Å². The molecule has 2 aromatic rings. The molecule has 1 fully saturated rings. The van der Waals surface area contributed by atoms with Crippen LogP contribution in [0.15, 0.2) is 47.4 Å². The monoisotopic (exact) mass is 441 g/mol. The van der Waals surface area contributed by atoms with Crippen LogP contribution in [0, 0.1) is 0 Å². The van der Waals surface area contributed by atoms with Gasteiger partial charge in [-0.25, -0.2) is 8.42 Å². The van der Waals surface area contributed by atoms with Crippen LogP contribution >= 0.6 is 23.2 Å². The fourth-order valence-corrected chi connectivity index (χ4v) is 5.60. The van der Waals surface area contributed by atoms with Gasteiger partial charge in [0.2, 0.25) is 10.0 Å². The van der Waals surface area contributed by atoms with E-state index in [0.29, 0.717) is 18.7 Å². The van der Waals surface area contributed by atoms with Gasteiger partial charge >= 0.3 is 0 Å². The van der Waals surface area contributed by atoms with Gasteiger partial charge in [-0.3, -0.25) is 4.79 Å². The van der Waals surface area contributed by atoms with E-state index in [9.17, 15) is 13.2 Å². The molecule has 1 heterocycles. The highest BCUT2D eigenvalue weighted by molar-refractivity contribution is 7.89. The van der Waals surface area contributed by atoms with E-state index in [1.807, 2.05) is 37.2 Å². The molecule has 1 aliphatic rings. The molecule has 0 saturated carbocycles. The Morgan fingerprint density at radius 3 is 2.11 bits per heavy atom. The third kappa shape index (κ3) is 4.12. The number of carbonyl (C=O) groups is 1. The van der Waals surface area contributed by atoms with Crippen LogP contribution in [0.2, 0.25) is 10.0 Å². The summed E-state index contributed by atoms with van der Waals surface area (Å²) in [5.41, 5.74) is 1.51. The van der Waals surface area contributed by atoms with Crippen molar-refractivity contribution in [2.24, 2.45) is 0 Å². The Bertz CT molecular complexity index is 967. The summed E-state index contributed by atoms with van der Waals surface area (Å²) in [6, 6.07) is 12.0. The predicted molar refractivity (Wildman–Crippen MR) is 112 cm³/mol. The van der Waals surface area contributed by atoms with Crippen LogP contribution in [-0.4, -0.2) is 63.8 Å². The zero-order valence-electron chi connectivity index (χ0n) is 15.6. The number of carbonyl (C=O) groups excluding carboxylic acids is 1. The van der Waals surface area contributed by atoms with Gasteiger partial charge in [0, 0.05) is 51.5 Å². The Hall–Kier alpha value is -1.80. The fourth-order valence-electron chi connectivity index (χ4n) is 3.09. The van der Waals surface area contributed by atoms with Crippen LogP contribution in [0.25, 0.3) is 0 Å². The maximum Gasteiger partial charge on any atom is 0.254 e. The normalized spacial score (nSPS) is 15.5. The second-order valence-corrected chi connectivity index (χ2v) is 9.38. The smallest absolute Gasteiger partial charge is 0.254 e. The largest absolute Gasteiger partial charge is 0.378 e. The third-order valence-electron chi connectivity index (χ3n) is 4.65. The van der Waals surface area contributed by atoms with Gasteiger partial charge in [-0.1, -0.05) is 35.3 Å². The minimum atomic E-state index is -3.83. The molecule has 0 atom stereocenters. The number of piperazine rings is 1. The van der Waals surface area contributed by atoms with Crippen molar-refractivity contribution in [1.82, 2.24) is 9.21 Å². The molecular formula is C19H21Cl2N3O3S. The summed E-state index contributed by atoms with van der Waals surface area (Å²) >= 11 is 12.1. The van der Waals surface area contributed by atoms with Crippen LogP contribution in [0.4, 0.5) is 5.69 Å². The summed E-state index contributed by atoms with van der Waals surface area (Å²) in [6.45, 7) is 0.963. The third-order valence-corrected chi connectivity index (χ3v) is 7.51. The SMILES string of the molecule is CN(C)c1cccc(C(=O)N2CCN(S(=O)(=O)c3c(Cl)cccc3Cl)CC2)c1. The van der Waals surface area contributed by atoms with Crippen LogP contribution in [-0.2, 0) is 10.0 Å². The Morgan fingerprint density at radius 1 is 0.964 bits per heavy atom. The van der Waals surface area contributed by atoms with E-state index in [4.69, 9.17) is 23.2 Å². The second-order valence-electron chi connectivity index (χ2n) is 6.69. The number of benzene rings is 2. The van der Waals surface area contributed by atoms with E-state index in [2.05, 4.69) is 0 Å². The molecule has 0 aromatic heterocycles. The summed E-state index contributed by atoms with van der Waals surface area (Å²) in [6.07, 6.45) is 0. The summed E-state index contributed by atoms with van der Waals surface area (Å²) in [4.78, 5) is 16.3. The van der Waals surface area contributed by atoms with E-state index in [-0.39, 0.29) is 33.9 Å². The van der Waals surface area contributed by atoms with Gasteiger partial charge in [-0.05, 0) is 30.3 Å². The molecule has 0 bridgehead atoms. The highest BCUT2D eigenvalue weighted by atomic mass is 35.5. The number of nitrogens with zero attached hydrogens (tertiary/aromatic N) is 3. The molecule has 1 aliphatic heterocycles. The molecule has 9 heteroatoms. The number of anilines is 1. The molecule has 0 N–H and O–H groups in total. The zero-order chi connectivity index (χ0) is 20.5. The summed E-state index contributed by atoms with van der Waals surface area (Å²) in [7, 11) is -0.0107. The average molecular weight is 442 g/mol. The van der Waals surface area contributed by atoms with Gasteiger partial charge in [0.25, 0.3) is 5.91 Å². The Labute approximate surface area is 175 Å². The van der Waals surface area contributed by atoms with Crippen molar-refractivity contribution in [2.45, 2.75) is 4.90 Å². The van der Waals surface area contributed by atoms with Gasteiger partial charge in [0.05, 0.1) is 10.0 Å². The Kier molecular flexibility index (Phi) is 6.19. The van der Waals surface area contributed by atoms with Crippen LogP contribution in [0.5, 0.6) is 0 Å². The number of halogens is 2. The van der Waals surface area contributed by atoms with E-state index >= 15 is 0 Å². The van der Waals surface area contributed by atoms with Crippen molar-refractivity contribution in [3.05, 3.63) is 58.1 Å². The van der Waals surface area contributed by atoms with Gasteiger partial charge in [0.15, 0.2) is 0 Å². The highest BCUT2D eigenvalue weighted by Crippen LogP contribution is 2.32. The molecule has 6 nitrogen and oxygen atoms in total. The van der Waals surface area contributed by atoms with Crippen molar-refractivity contribution < 1.29 is 13.2 Å². The molecule has 28 heavy (non-hydrogen) atoms. The van der Waals surface area contributed by atoms with Crippen molar-refractivity contribution in [3.8, 4) is 0 Å². The maximum atomic E-state index is 12.9. The molecule has 0 aliphatic carbocycles. The lowest BCUT2D eigenvalue weighted by Gasteiger charge is -2.34. The predicted octanol–water partition coefficient (Wildman–Crippen LogP) is 3.21. The molecule has 1 amide bonds. The molecule has 3 rings (SSSR count). The number of amides is 1. The maximum absolute atomic E-state index is 12.9. The van der Waals surface area contributed by atoms with E-state index in [0.717, 1.165) is 5.69 Å². The van der Waals surface area contributed by atoms with Gasteiger partial charge in [-0.15, -0.1) is 0 Å². The standard InChI is InChI=1S/C19H21Cl2N3O3S/c1-22(2)15-6-3-5-14(13-15)19(25)23-9-11-24(12-10-23)28(26,27)18-16(20)7-4-8-17(18)21/h3-8,13H,9-12H2,1-2H3. The molecule has 1 saturated heterocycles. The molecule has 2 aromatic carbocycles. The highest BCUT2D eigenvalue weighted by Gasteiger charge is 2.33. The average Bonchev–Trinajstić information content (AvgIpc) is 2.67. The number of rotatable bonds is 4. The van der Waals surface area contributed by atoms with E-state index in [1.54, 1.807) is 17.0 Å². The van der Waals surface area contributed by atoms with Gasteiger partial charge in [-0.2, -0.15) is 4.31 Å². The van der Waals surface area contributed by atoms with Crippen LogP contribution in [0.3, 0.4) is 0 Å². The minimum Gasteiger partial charge on any atom is -0.378 e. The lowest BCUT2D eigenvalue weighted by molar-refractivity contribution is 0.0698. The molecule has 0 unspecified atom stereocenters. The molecule has 0 radical (unpaired) electrons. The number of hydrogen-bond acceptors (Lipinski definition) is 4. The van der Waals surface area contributed by atoms with Crippen molar-refractivity contribution in [3.63, 3.8) is 0 Å². The minimum absolute atomic E-state index is 0.0863. The first-order valence-corrected chi connectivity index (χ1v) is 10.9. The quantitative estimate of drug-likeness (QED) is 0.730. The number of sulfonamides is 1. The first-order chi connectivity index (χ1) is 13.2. The summed E-state index contributed by atoms with van der Waals surface area (Å²) in [5.74, 6) is -0.114. The molecule has 0 spiro atoms. The van der Waals surface area contributed by atoms with E-state index < -0.39 is 10.0 Å². The summed E-state index contributed by atoms with van der Waals surface area (Å²) < 4.78 is 27.2. The lowest BCUT2D eigenvalue weighted by atomic mass is 10.1. The Morgan fingerprint density at radius 2 is 1.54 bits per heavy atom. The first kappa shape index (κ1) is 20.9. The van der Waals surface area contributed by atoms with Crippen molar-refractivity contribution in [2.75, 3.05) is 45.2 Å². The Balaban J connectivity index is 1.74. The fraction of sp³-hybridized carbons (Fsp3) is 0.316. The zero-order valence-corrected chi connectivity index (χ0v) is 17.9. The molecule has 150 valence electrons. The van der Waals surface area contributed by atoms with Crippen LogP contribution in [0.1, 0.15) is 10.4 Å². The first-order valence-electron chi connectivity index (χ1n) is 8.72. The topological polar surface area (TPSA) is 60.9 Å². The van der Waals surface area contributed by atoms with E-state index in [1.165, 1.54) is 16.4 Å². The lowest BCUT2D eigenvalue weighted by Crippen LogP contribution is -2.50. The second kappa shape index (κ2) is 8.29. The van der Waals surface area contributed by atoms with Gasteiger partial charge in [0.1, 0.15) is 4.90 Å². The molecular weight excluding hydrogens is 421 g/mol. The van der Waals surface area contributed by atoms with Gasteiger partial charge < -0.3 is 9.80 Å². The summed E-state index contributed by atoms with van der Waals surface area (Å²) in [5, 5.41) is 0.179. The van der Waals surface area contributed by atoms with Crippen LogP contribution < -0.4 is 4.90 Å².